The quantitative estimate of drug-likeness (QED) is 0.776. The number of amides is 2. The van der Waals surface area contributed by atoms with Gasteiger partial charge in [-0.05, 0) is 18.6 Å². The molecular formula is C14H20N2O3. The van der Waals surface area contributed by atoms with Crippen molar-refractivity contribution < 1.29 is 14.3 Å². The summed E-state index contributed by atoms with van der Waals surface area (Å²) >= 11 is 0. The van der Waals surface area contributed by atoms with Crippen LogP contribution in [0.3, 0.4) is 0 Å². The summed E-state index contributed by atoms with van der Waals surface area (Å²) < 4.78 is 4.98. The molecule has 0 aliphatic carbocycles. The van der Waals surface area contributed by atoms with Crippen LogP contribution in [0, 0.1) is 0 Å². The predicted molar refractivity (Wildman–Crippen MR) is 74.3 cm³/mol. The van der Waals surface area contributed by atoms with Crippen molar-refractivity contribution in [3.05, 3.63) is 24.3 Å². The maximum atomic E-state index is 11.6. The number of hydrogen-bond donors (Lipinski definition) is 2. The van der Waals surface area contributed by atoms with Gasteiger partial charge in [-0.1, -0.05) is 25.8 Å². The third-order valence-electron chi connectivity index (χ3n) is 2.54. The normalized spacial score (nSPS) is 9.79. The highest BCUT2D eigenvalue weighted by atomic mass is 16.5. The molecule has 5 heteroatoms. The zero-order chi connectivity index (χ0) is 14.1. The number of nitrogens with one attached hydrogen (secondary N) is 2. The number of unbranched alkanes of at least 4 members (excludes halogenated alkanes) is 2. The van der Waals surface area contributed by atoms with Crippen LogP contribution in [0.4, 0.5) is 10.5 Å². The van der Waals surface area contributed by atoms with Crippen LogP contribution in [-0.4, -0.2) is 19.0 Å². The lowest BCUT2D eigenvalue weighted by Gasteiger charge is -2.07. The lowest BCUT2D eigenvalue weighted by atomic mass is 10.2. The minimum absolute atomic E-state index is 0.0226. The molecule has 0 bridgehead atoms. The summed E-state index contributed by atoms with van der Waals surface area (Å²) in [6.45, 7) is 2.09. The molecule has 0 unspecified atom stereocenters. The van der Waals surface area contributed by atoms with Crippen molar-refractivity contribution in [1.29, 1.82) is 0 Å². The van der Waals surface area contributed by atoms with Gasteiger partial charge in [-0.15, -0.1) is 0 Å². The van der Waals surface area contributed by atoms with E-state index in [1.165, 1.54) is 7.05 Å². The standard InChI is InChI=1S/C14H20N2O3/c1-3-4-5-9-13(17)16-11-7-6-8-12(10-11)19-14(18)15-2/h6-8,10H,3-5,9H2,1-2H3,(H,15,18)(H,16,17). The summed E-state index contributed by atoms with van der Waals surface area (Å²) in [7, 11) is 1.49. The predicted octanol–water partition coefficient (Wildman–Crippen LogP) is 2.92. The lowest BCUT2D eigenvalue weighted by molar-refractivity contribution is -0.116. The summed E-state index contributed by atoms with van der Waals surface area (Å²) in [5, 5.41) is 5.14. The summed E-state index contributed by atoms with van der Waals surface area (Å²) in [6, 6.07) is 6.75. The molecule has 0 radical (unpaired) electrons. The van der Waals surface area contributed by atoms with E-state index in [2.05, 4.69) is 17.6 Å². The van der Waals surface area contributed by atoms with E-state index in [9.17, 15) is 9.59 Å². The molecule has 0 heterocycles. The fraction of sp³-hybridized carbons (Fsp3) is 0.429. The monoisotopic (exact) mass is 264 g/mol. The van der Waals surface area contributed by atoms with E-state index < -0.39 is 6.09 Å². The van der Waals surface area contributed by atoms with E-state index in [1.807, 2.05) is 0 Å². The number of rotatable bonds is 6. The van der Waals surface area contributed by atoms with E-state index in [4.69, 9.17) is 4.74 Å². The van der Waals surface area contributed by atoms with Crippen LogP contribution in [0.25, 0.3) is 0 Å². The molecular weight excluding hydrogens is 244 g/mol. The van der Waals surface area contributed by atoms with Gasteiger partial charge in [-0.25, -0.2) is 4.79 Å². The molecule has 0 fully saturated rings. The fourth-order valence-electron chi connectivity index (χ4n) is 1.55. The van der Waals surface area contributed by atoms with Crippen molar-refractivity contribution in [2.75, 3.05) is 12.4 Å². The highest BCUT2D eigenvalue weighted by Gasteiger charge is 2.05. The third kappa shape index (κ3) is 5.90. The molecule has 0 saturated carbocycles. The van der Waals surface area contributed by atoms with E-state index in [-0.39, 0.29) is 5.91 Å². The minimum atomic E-state index is -0.536. The first-order valence-corrected chi connectivity index (χ1v) is 6.45. The van der Waals surface area contributed by atoms with Crippen molar-refractivity contribution in [2.45, 2.75) is 32.6 Å². The lowest BCUT2D eigenvalue weighted by Crippen LogP contribution is -2.22. The van der Waals surface area contributed by atoms with Crippen LogP contribution in [0.2, 0.25) is 0 Å². The largest absolute Gasteiger partial charge is 0.412 e. The van der Waals surface area contributed by atoms with Crippen LogP contribution in [0.5, 0.6) is 5.75 Å². The molecule has 1 aromatic rings. The zero-order valence-electron chi connectivity index (χ0n) is 11.4. The Labute approximate surface area is 113 Å². The molecule has 19 heavy (non-hydrogen) atoms. The minimum Gasteiger partial charge on any atom is -0.410 e. The molecule has 2 amide bonds. The van der Waals surface area contributed by atoms with Gasteiger partial charge in [0.2, 0.25) is 5.91 Å². The van der Waals surface area contributed by atoms with E-state index >= 15 is 0 Å². The van der Waals surface area contributed by atoms with Crippen LogP contribution in [0.15, 0.2) is 24.3 Å². The molecule has 0 spiro atoms. The average Bonchev–Trinajstić information content (AvgIpc) is 2.39. The second-order valence-electron chi connectivity index (χ2n) is 4.17. The van der Waals surface area contributed by atoms with Gasteiger partial charge in [-0.2, -0.15) is 0 Å². The van der Waals surface area contributed by atoms with Gasteiger partial charge < -0.3 is 15.4 Å². The number of carbonyl (C=O) groups is 2. The van der Waals surface area contributed by atoms with Gasteiger partial charge in [0.25, 0.3) is 0 Å². The van der Waals surface area contributed by atoms with Crippen molar-refractivity contribution in [3.63, 3.8) is 0 Å². The number of benzene rings is 1. The SMILES string of the molecule is CCCCCC(=O)Nc1cccc(OC(=O)NC)c1. The first-order chi connectivity index (χ1) is 9.15. The molecule has 0 saturated heterocycles. The Morgan fingerprint density at radius 3 is 2.74 bits per heavy atom. The van der Waals surface area contributed by atoms with Gasteiger partial charge in [-0.3, -0.25) is 4.79 Å². The van der Waals surface area contributed by atoms with Crippen LogP contribution >= 0.6 is 0 Å². The first kappa shape index (κ1) is 15.0. The number of ether oxygens (including phenoxy) is 1. The van der Waals surface area contributed by atoms with Crippen molar-refractivity contribution in [1.82, 2.24) is 5.32 Å². The highest BCUT2D eigenvalue weighted by Crippen LogP contribution is 2.17. The van der Waals surface area contributed by atoms with Crippen molar-refractivity contribution >= 4 is 17.7 Å². The molecule has 1 aromatic carbocycles. The Morgan fingerprint density at radius 1 is 1.26 bits per heavy atom. The Hall–Kier alpha value is -2.04. The topological polar surface area (TPSA) is 67.4 Å². The zero-order valence-corrected chi connectivity index (χ0v) is 11.4. The maximum absolute atomic E-state index is 11.6. The van der Waals surface area contributed by atoms with Crippen molar-refractivity contribution in [2.24, 2.45) is 0 Å². The Balaban J connectivity index is 2.52. The number of anilines is 1. The van der Waals surface area contributed by atoms with E-state index in [1.54, 1.807) is 24.3 Å². The second kappa shape index (κ2) is 8.13. The molecule has 0 atom stereocenters. The highest BCUT2D eigenvalue weighted by molar-refractivity contribution is 5.90. The van der Waals surface area contributed by atoms with Gasteiger partial charge in [0, 0.05) is 25.2 Å². The summed E-state index contributed by atoms with van der Waals surface area (Å²) in [6.07, 6.45) is 2.99. The van der Waals surface area contributed by atoms with Gasteiger partial charge in [0.15, 0.2) is 0 Å². The maximum Gasteiger partial charge on any atom is 0.412 e. The molecule has 1 rings (SSSR count). The Bertz CT molecular complexity index is 432. The summed E-state index contributed by atoms with van der Waals surface area (Å²) in [4.78, 5) is 22.7. The van der Waals surface area contributed by atoms with Gasteiger partial charge >= 0.3 is 6.09 Å². The van der Waals surface area contributed by atoms with Gasteiger partial charge in [0.05, 0.1) is 0 Å². The Kier molecular flexibility index (Phi) is 6.43. The molecule has 104 valence electrons. The second-order valence-corrected chi connectivity index (χ2v) is 4.17. The van der Waals surface area contributed by atoms with Crippen LogP contribution in [-0.2, 0) is 4.79 Å². The molecule has 2 N–H and O–H groups in total. The van der Waals surface area contributed by atoms with E-state index in [0.717, 1.165) is 19.3 Å². The fourth-order valence-corrected chi connectivity index (χ4v) is 1.55. The average molecular weight is 264 g/mol. The van der Waals surface area contributed by atoms with Gasteiger partial charge in [0.1, 0.15) is 5.75 Å². The third-order valence-corrected chi connectivity index (χ3v) is 2.54. The van der Waals surface area contributed by atoms with Crippen LogP contribution in [0.1, 0.15) is 32.6 Å². The molecule has 0 aliphatic rings. The van der Waals surface area contributed by atoms with Crippen molar-refractivity contribution in [3.8, 4) is 5.75 Å². The summed E-state index contributed by atoms with van der Waals surface area (Å²) in [5.41, 5.74) is 0.628. The smallest absolute Gasteiger partial charge is 0.410 e. The number of carbonyl (C=O) groups excluding carboxylic acids is 2. The molecule has 5 nitrogen and oxygen atoms in total. The summed E-state index contributed by atoms with van der Waals surface area (Å²) in [5.74, 6) is 0.372. The number of hydrogen-bond acceptors (Lipinski definition) is 3. The molecule has 0 aromatic heterocycles. The van der Waals surface area contributed by atoms with Crippen LogP contribution < -0.4 is 15.4 Å². The van der Waals surface area contributed by atoms with E-state index in [0.29, 0.717) is 17.9 Å². The Morgan fingerprint density at radius 2 is 2.05 bits per heavy atom. The molecule has 0 aliphatic heterocycles. The first-order valence-electron chi connectivity index (χ1n) is 6.45.